The Balaban J connectivity index is 2.04. The molecule has 1 atom stereocenters. The van der Waals surface area contributed by atoms with E-state index in [4.69, 9.17) is 11.5 Å². The Labute approximate surface area is 108 Å². The van der Waals surface area contributed by atoms with E-state index >= 15 is 0 Å². The van der Waals surface area contributed by atoms with Gasteiger partial charge >= 0.3 is 5.97 Å². The molecule has 1 unspecified atom stereocenters. The fourth-order valence-electron chi connectivity index (χ4n) is 1.77. The summed E-state index contributed by atoms with van der Waals surface area (Å²) in [6.45, 7) is 0.501. The molecule has 1 N–H and O–H groups in total. The summed E-state index contributed by atoms with van der Waals surface area (Å²) in [6.07, 6.45) is 6.10. The maximum atomic E-state index is 11.7. The van der Waals surface area contributed by atoms with Crippen LogP contribution in [-0.4, -0.2) is 28.5 Å². The van der Waals surface area contributed by atoms with Gasteiger partial charge in [-0.25, -0.2) is 4.98 Å². The number of carbonyl (C=O) groups is 2. The number of carbonyl (C=O) groups excluding carboxylic acids is 1. The summed E-state index contributed by atoms with van der Waals surface area (Å²) in [5.74, 6) is 1.66. The molecule has 1 aliphatic heterocycles. The van der Waals surface area contributed by atoms with E-state index in [-0.39, 0.29) is 18.2 Å². The number of anilines is 1. The molecular formula is C12H12N2O3S. The monoisotopic (exact) mass is 264 g/mol. The fraction of sp³-hybridized carbons (Fsp3) is 0.417. The van der Waals surface area contributed by atoms with Crippen LogP contribution in [0.3, 0.4) is 0 Å². The standard InChI is InChI=1S/C12H12N2O3S/c1-2-8-5-10(15)14(6-8)12-13-9(7-18-12)3-4-11(16)17/h1,7-8H,3-6H2,(H,16,17). The van der Waals surface area contributed by atoms with Crippen LogP contribution in [0.15, 0.2) is 5.38 Å². The maximum Gasteiger partial charge on any atom is 0.303 e. The molecule has 1 aromatic heterocycles. The van der Waals surface area contributed by atoms with Crippen molar-refractivity contribution in [3.05, 3.63) is 11.1 Å². The lowest BCUT2D eigenvalue weighted by Gasteiger charge is -2.10. The first-order valence-corrected chi connectivity index (χ1v) is 6.41. The van der Waals surface area contributed by atoms with Gasteiger partial charge in [-0.1, -0.05) is 0 Å². The van der Waals surface area contributed by atoms with Gasteiger partial charge in [-0.15, -0.1) is 23.7 Å². The number of hydrogen-bond acceptors (Lipinski definition) is 4. The van der Waals surface area contributed by atoms with Gasteiger partial charge in [0.1, 0.15) is 0 Å². The zero-order valence-electron chi connectivity index (χ0n) is 9.63. The Bertz CT molecular complexity index is 518. The van der Waals surface area contributed by atoms with Crippen molar-refractivity contribution in [3.63, 3.8) is 0 Å². The lowest BCUT2D eigenvalue weighted by molar-refractivity contribution is -0.137. The van der Waals surface area contributed by atoms with Gasteiger partial charge < -0.3 is 5.11 Å². The highest BCUT2D eigenvalue weighted by molar-refractivity contribution is 7.14. The van der Waals surface area contributed by atoms with Gasteiger partial charge in [0.15, 0.2) is 5.13 Å². The Morgan fingerprint density at radius 1 is 1.72 bits per heavy atom. The second kappa shape index (κ2) is 5.19. The summed E-state index contributed by atoms with van der Waals surface area (Å²) in [5, 5.41) is 11.0. The lowest BCUT2D eigenvalue weighted by Crippen LogP contribution is -2.24. The number of terminal acetylenes is 1. The number of carboxylic acid groups (broad SMARTS) is 1. The van der Waals surface area contributed by atoms with Crippen LogP contribution >= 0.6 is 11.3 Å². The molecule has 2 rings (SSSR count). The van der Waals surface area contributed by atoms with Crippen LogP contribution in [0.1, 0.15) is 18.5 Å². The second-order valence-corrected chi connectivity index (χ2v) is 4.92. The van der Waals surface area contributed by atoms with Crippen LogP contribution in [0.2, 0.25) is 0 Å². The van der Waals surface area contributed by atoms with Crippen molar-refractivity contribution in [2.45, 2.75) is 19.3 Å². The average Bonchev–Trinajstić information content (AvgIpc) is 2.92. The smallest absolute Gasteiger partial charge is 0.303 e. The number of carboxylic acids is 1. The third kappa shape index (κ3) is 2.68. The Morgan fingerprint density at radius 3 is 3.11 bits per heavy atom. The molecule has 6 heteroatoms. The van der Waals surface area contributed by atoms with Gasteiger partial charge in [-0.3, -0.25) is 14.5 Å². The van der Waals surface area contributed by atoms with Gasteiger partial charge in [-0.05, 0) is 0 Å². The summed E-state index contributed by atoms with van der Waals surface area (Å²) < 4.78 is 0. The summed E-state index contributed by atoms with van der Waals surface area (Å²) in [6, 6.07) is 0. The number of hydrogen-bond donors (Lipinski definition) is 1. The maximum absolute atomic E-state index is 11.7. The summed E-state index contributed by atoms with van der Waals surface area (Å²) in [7, 11) is 0. The Morgan fingerprint density at radius 2 is 2.50 bits per heavy atom. The van der Waals surface area contributed by atoms with E-state index in [1.165, 1.54) is 11.3 Å². The normalized spacial score (nSPS) is 18.9. The van der Waals surface area contributed by atoms with E-state index in [9.17, 15) is 9.59 Å². The number of amides is 1. The average molecular weight is 264 g/mol. The van der Waals surface area contributed by atoms with Crippen LogP contribution < -0.4 is 4.90 Å². The number of rotatable bonds is 4. The lowest BCUT2D eigenvalue weighted by atomic mass is 10.1. The fourth-order valence-corrected chi connectivity index (χ4v) is 2.66. The summed E-state index contributed by atoms with van der Waals surface area (Å²) >= 11 is 1.35. The topological polar surface area (TPSA) is 70.5 Å². The zero-order chi connectivity index (χ0) is 13.1. The minimum absolute atomic E-state index is 0.0166. The number of aryl methyl sites for hydroxylation is 1. The van der Waals surface area contributed by atoms with Gasteiger partial charge in [0.05, 0.1) is 12.1 Å². The zero-order valence-corrected chi connectivity index (χ0v) is 10.4. The highest BCUT2D eigenvalue weighted by Crippen LogP contribution is 2.28. The predicted molar refractivity (Wildman–Crippen MR) is 67.4 cm³/mol. The second-order valence-electron chi connectivity index (χ2n) is 4.09. The van der Waals surface area contributed by atoms with E-state index in [1.807, 2.05) is 0 Å². The first kappa shape index (κ1) is 12.6. The molecule has 0 radical (unpaired) electrons. The van der Waals surface area contributed by atoms with Crippen molar-refractivity contribution in [2.75, 3.05) is 11.4 Å². The third-order valence-electron chi connectivity index (χ3n) is 2.73. The quantitative estimate of drug-likeness (QED) is 0.828. The molecule has 18 heavy (non-hydrogen) atoms. The van der Waals surface area contributed by atoms with Crippen molar-refractivity contribution >= 4 is 28.3 Å². The van der Waals surface area contributed by atoms with Crippen LogP contribution in [0.25, 0.3) is 0 Å². The SMILES string of the molecule is C#CC1CC(=O)N(c2nc(CCC(=O)O)cs2)C1. The minimum atomic E-state index is -0.853. The predicted octanol–water partition coefficient (Wildman–Crippen LogP) is 1.15. The molecule has 1 fully saturated rings. The van der Waals surface area contributed by atoms with Crippen LogP contribution in [0, 0.1) is 18.3 Å². The van der Waals surface area contributed by atoms with Crippen LogP contribution in [0.5, 0.6) is 0 Å². The minimum Gasteiger partial charge on any atom is -0.481 e. The van der Waals surface area contributed by atoms with Crippen molar-refractivity contribution < 1.29 is 14.7 Å². The van der Waals surface area contributed by atoms with E-state index in [2.05, 4.69) is 10.9 Å². The largest absolute Gasteiger partial charge is 0.481 e. The molecular weight excluding hydrogens is 252 g/mol. The van der Waals surface area contributed by atoms with E-state index < -0.39 is 5.97 Å². The highest BCUT2D eigenvalue weighted by atomic mass is 32.1. The van der Waals surface area contributed by atoms with E-state index in [1.54, 1.807) is 10.3 Å². The van der Waals surface area contributed by atoms with Gasteiger partial charge in [0.25, 0.3) is 0 Å². The molecule has 0 aromatic carbocycles. The molecule has 1 aromatic rings. The molecule has 1 amide bonds. The highest BCUT2D eigenvalue weighted by Gasteiger charge is 2.31. The van der Waals surface area contributed by atoms with E-state index in [0.29, 0.717) is 30.2 Å². The molecule has 0 spiro atoms. The number of aliphatic carboxylic acids is 1. The number of thiazole rings is 1. The Kier molecular flexibility index (Phi) is 3.63. The molecule has 2 heterocycles. The van der Waals surface area contributed by atoms with Crippen LogP contribution in [0.4, 0.5) is 5.13 Å². The molecule has 0 saturated carbocycles. The molecule has 0 aliphatic carbocycles. The van der Waals surface area contributed by atoms with Crippen molar-refractivity contribution in [2.24, 2.45) is 5.92 Å². The Hall–Kier alpha value is -1.87. The molecule has 1 aliphatic rings. The third-order valence-corrected chi connectivity index (χ3v) is 3.64. The van der Waals surface area contributed by atoms with Crippen molar-refractivity contribution in [1.29, 1.82) is 0 Å². The van der Waals surface area contributed by atoms with Gasteiger partial charge in [-0.2, -0.15) is 0 Å². The number of aromatic nitrogens is 1. The molecule has 0 bridgehead atoms. The van der Waals surface area contributed by atoms with Crippen molar-refractivity contribution in [3.8, 4) is 12.3 Å². The van der Waals surface area contributed by atoms with Crippen molar-refractivity contribution in [1.82, 2.24) is 4.98 Å². The number of nitrogens with zero attached hydrogens (tertiary/aromatic N) is 2. The van der Waals surface area contributed by atoms with Gasteiger partial charge in [0, 0.05) is 30.7 Å². The molecule has 94 valence electrons. The molecule has 1 saturated heterocycles. The summed E-state index contributed by atoms with van der Waals surface area (Å²) in [4.78, 5) is 28.0. The molecule has 5 nitrogen and oxygen atoms in total. The van der Waals surface area contributed by atoms with Gasteiger partial charge in [0.2, 0.25) is 5.91 Å². The first-order valence-electron chi connectivity index (χ1n) is 5.53. The first-order chi connectivity index (χ1) is 8.60. The van der Waals surface area contributed by atoms with Crippen LogP contribution in [-0.2, 0) is 16.0 Å². The van der Waals surface area contributed by atoms with E-state index in [0.717, 1.165) is 0 Å². The summed E-state index contributed by atoms with van der Waals surface area (Å²) in [5.41, 5.74) is 0.703.